The summed E-state index contributed by atoms with van der Waals surface area (Å²) in [5, 5.41) is 0. The normalized spacial score (nSPS) is 13.3. The molecular weight excluding hydrogens is 253 g/mol. The molecule has 1 aromatic rings. The monoisotopic (exact) mass is 274 g/mol. The van der Waals surface area contributed by atoms with Crippen LogP contribution < -0.4 is 10.6 Å². The van der Waals surface area contributed by atoms with Gasteiger partial charge in [0.15, 0.2) is 0 Å². The first-order valence-corrected chi connectivity index (χ1v) is 6.55. The first-order chi connectivity index (χ1) is 8.99. The van der Waals surface area contributed by atoms with Crippen LogP contribution >= 0.6 is 0 Å². The molecule has 0 aliphatic heterocycles. The van der Waals surface area contributed by atoms with Gasteiger partial charge in [0.2, 0.25) is 0 Å². The molecule has 19 heavy (non-hydrogen) atoms. The van der Waals surface area contributed by atoms with E-state index in [1.165, 1.54) is 0 Å². The van der Waals surface area contributed by atoms with Gasteiger partial charge in [0.05, 0.1) is 5.92 Å². The van der Waals surface area contributed by atoms with Crippen LogP contribution in [0, 0.1) is 5.92 Å². The molecule has 0 spiro atoms. The van der Waals surface area contributed by atoms with E-state index < -0.39 is 12.1 Å². The van der Waals surface area contributed by atoms with Crippen LogP contribution in [0.1, 0.15) is 19.8 Å². The lowest BCUT2D eigenvalue weighted by Crippen LogP contribution is -2.41. The van der Waals surface area contributed by atoms with Gasteiger partial charge in [0.1, 0.15) is 0 Å². The van der Waals surface area contributed by atoms with Crippen molar-refractivity contribution >= 4 is 5.69 Å². The summed E-state index contributed by atoms with van der Waals surface area (Å²) in [6.07, 6.45) is -2.43. The summed E-state index contributed by atoms with van der Waals surface area (Å²) in [5.41, 5.74) is 6.09. The molecule has 1 unspecified atom stereocenters. The summed E-state index contributed by atoms with van der Waals surface area (Å²) >= 11 is 0. The third-order valence-corrected chi connectivity index (χ3v) is 3.09. The molecule has 0 saturated heterocycles. The largest absolute Gasteiger partial charge is 0.394 e. The van der Waals surface area contributed by atoms with E-state index in [4.69, 9.17) is 5.73 Å². The van der Waals surface area contributed by atoms with Gasteiger partial charge in [-0.1, -0.05) is 31.5 Å². The number of nitrogens with two attached hydrogens (primary N) is 1. The lowest BCUT2D eigenvalue weighted by atomic mass is 10.1. The third kappa shape index (κ3) is 5.11. The second-order valence-corrected chi connectivity index (χ2v) is 4.61. The van der Waals surface area contributed by atoms with Gasteiger partial charge >= 0.3 is 6.18 Å². The molecule has 1 rings (SSSR count). The lowest BCUT2D eigenvalue weighted by molar-refractivity contribution is -0.169. The fourth-order valence-electron chi connectivity index (χ4n) is 1.89. The molecule has 5 heteroatoms. The molecule has 0 fully saturated rings. The maximum atomic E-state index is 12.8. The number of hydrogen-bond donors (Lipinski definition) is 1. The summed E-state index contributed by atoms with van der Waals surface area (Å²) < 4.78 is 38.4. The first-order valence-electron chi connectivity index (χ1n) is 6.55. The number of benzene rings is 1. The zero-order valence-electron chi connectivity index (χ0n) is 11.2. The van der Waals surface area contributed by atoms with Gasteiger partial charge in [-0.2, -0.15) is 13.2 Å². The molecule has 2 N–H and O–H groups in total. The average Bonchev–Trinajstić information content (AvgIpc) is 2.38. The van der Waals surface area contributed by atoms with Crippen LogP contribution in [-0.2, 0) is 0 Å². The van der Waals surface area contributed by atoms with Crippen molar-refractivity contribution in [2.75, 3.05) is 24.5 Å². The quantitative estimate of drug-likeness (QED) is 0.825. The van der Waals surface area contributed by atoms with Crippen molar-refractivity contribution in [3.05, 3.63) is 30.3 Å². The number of halogens is 3. The molecule has 1 atom stereocenters. The third-order valence-electron chi connectivity index (χ3n) is 3.09. The number of unbranched alkanes of at least 4 members (excludes halogenated alkanes) is 1. The fraction of sp³-hybridized carbons (Fsp3) is 0.571. The summed E-state index contributed by atoms with van der Waals surface area (Å²) in [6, 6.07) is 9.18. The van der Waals surface area contributed by atoms with Gasteiger partial charge in [0.25, 0.3) is 0 Å². The Morgan fingerprint density at radius 2 is 1.84 bits per heavy atom. The molecule has 0 radical (unpaired) electrons. The predicted molar refractivity (Wildman–Crippen MR) is 72.2 cm³/mol. The standard InChI is InChI=1S/C14H21F3N2/c1-2-3-9-19(13-7-5-4-6-8-13)11-12(10-18)14(15,16)17/h4-8,12H,2-3,9-11,18H2,1H3. The number of rotatable bonds is 7. The molecule has 2 nitrogen and oxygen atoms in total. The minimum absolute atomic E-state index is 0.0794. The van der Waals surface area contributed by atoms with Crippen molar-refractivity contribution < 1.29 is 13.2 Å². The van der Waals surface area contributed by atoms with Gasteiger partial charge in [0, 0.05) is 25.3 Å². The van der Waals surface area contributed by atoms with Crippen LogP contribution in [0.4, 0.5) is 18.9 Å². The van der Waals surface area contributed by atoms with Crippen molar-refractivity contribution in [3.63, 3.8) is 0 Å². The van der Waals surface area contributed by atoms with Crippen LogP contribution in [0.3, 0.4) is 0 Å². The molecule has 0 saturated carbocycles. The Hall–Kier alpha value is -1.23. The fourth-order valence-corrected chi connectivity index (χ4v) is 1.89. The van der Waals surface area contributed by atoms with E-state index in [0.717, 1.165) is 18.5 Å². The second-order valence-electron chi connectivity index (χ2n) is 4.61. The van der Waals surface area contributed by atoms with Crippen molar-refractivity contribution in [2.45, 2.75) is 25.9 Å². The smallest absolute Gasteiger partial charge is 0.371 e. The van der Waals surface area contributed by atoms with Crippen LogP contribution in [0.5, 0.6) is 0 Å². The molecule has 0 aliphatic rings. The maximum absolute atomic E-state index is 12.8. The van der Waals surface area contributed by atoms with Gasteiger partial charge in [-0.05, 0) is 18.6 Å². The van der Waals surface area contributed by atoms with E-state index in [2.05, 4.69) is 0 Å². The Kier molecular flexibility index (Phi) is 6.15. The molecule has 0 amide bonds. The number of anilines is 1. The molecule has 0 heterocycles. The topological polar surface area (TPSA) is 29.3 Å². The minimum atomic E-state index is -4.24. The highest BCUT2D eigenvalue weighted by molar-refractivity contribution is 5.46. The first kappa shape index (κ1) is 15.8. The van der Waals surface area contributed by atoms with E-state index in [1.807, 2.05) is 37.3 Å². The van der Waals surface area contributed by atoms with E-state index >= 15 is 0 Å². The lowest BCUT2D eigenvalue weighted by Gasteiger charge is -2.30. The average molecular weight is 274 g/mol. The van der Waals surface area contributed by atoms with Gasteiger partial charge in [-0.3, -0.25) is 0 Å². The van der Waals surface area contributed by atoms with Crippen molar-refractivity contribution in [1.82, 2.24) is 0 Å². The number of alkyl halides is 3. The summed E-state index contributed by atoms with van der Waals surface area (Å²) in [4.78, 5) is 1.77. The summed E-state index contributed by atoms with van der Waals surface area (Å²) in [7, 11) is 0. The van der Waals surface area contributed by atoms with E-state index in [9.17, 15) is 13.2 Å². The molecule has 108 valence electrons. The second kappa shape index (κ2) is 7.38. The van der Waals surface area contributed by atoms with Crippen molar-refractivity contribution in [1.29, 1.82) is 0 Å². The van der Waals surface area contributed by atoms with Gasteiger partial charge < -0.3 is 10.6 Å². The van der Waals surface area contributed by atoms with Crippen molar-refractivity contribution in [2.24, 2.45) is 11.7 Å². The van der Waals surface area contributed by atoms with E-state index in [0.29, 0.717) is 6.54 Å². The van der Waals surface area contributed by atoms with Crippen LogP contribution in [0.2, 0.25) is 0 Å². The molecular formula is C14H21F3N2. The molecule has 0 aliphatic carbocycles. The van der Waals surface area contributed by atoms with Gasteiger partial charge in [-0.25, -0.2) is 0 Å². The highest BCUT2D eigenvalue weighted by atomic mass is 19.4. The van der Waals surface area contributed by atoms with Crippen LogP contribution in [-0.4, -0.2) is 25.8 Å². The Labute approximate surface area is 112 Å². The Balaban J connectivity index is 2.80. The Morgan fingerprint density at radius 3 is 2.32 bits per heavy atom. The van der Waals surface area contributed by atoms with Gasteiger partial charge in [-0.15, -0.1) is 0 Å². The zero-order valence-corrected chi connectivity index (χ0v) is 11.2. The maximum Gasteiger partial charge on any atom is 0.394 e. The van der Waals surface area contributed by atoms with E-state index in [1.54, 1.807) is 4.90 Å². The Bertz CT molecular complexity index is 351. The molecule has 0 aromatic heterocycles. The predicted octanol–water partition coefficient (Wildman–Crippen LogP) is 3.43. The number of para-hydroxylation sites is 1. The summed E-state index contributed by atoms with van der Waals surface area (Å²) in [6.45, 7) is 2.18. The Morgan fingerprint density at radius 1 is 1.21 bits per heavy atom. The van der Waals surface area contributed by atoms with E-state index in [-0.39, 0.29) is 13.1 Å². The minimum Gasteiger partial charge on any atom is -0.371 e. The zero-order chi connectivity index (χ0) is 14.3. The van der Waals surface area contributed by atoms with Crippen LogP contribution in [0.15, 0.2) is 30.3 Å². The van der Waals surface area contributed by atoms with Crippen molar-refractivity contribution in [3.8, 4) is 0 Å². The highest BCUT2D eigenvalue weighted by Crippen LogP contribution is 2.28. The van der Waals surface area contributed by atoms with Crippen LogP contribution in [0.25, 0.3) is 0 Å². The molecule has 0 bridgehead atoms. The SMILES string of the molecule is CCCCN(CC(CN)C(F)(F)F)c1ccccc1. The highest BCUT2D eigenvalue weighted by Gasteiger charge is 2.39. The summed E-state index contributed by atoms with van der Waals surface area (Å²) in [5.74, 6) is -1.48. The molecule has 1 aromatic carbocycles. The number of hydrogen-bond acceptors (Lipinski definition) is 2. The number of nitrogens with zero attached hydrogens (tertiary/aromatic N) is 1.